The third kappa shape index (κ3) is 1.09. The first-order chi connectivity index (χ1) is 5.20. The molecule has 0 fully saturated rings. The highest BCUT2D eigenvalue weighted by Crippen LogP contribution is 2.13. The quantitative estimate of drug-likeness (QED) is 0.490. The molecule has 0 N–H and O–H groups in total. The van der Waals surface area contributed by atoms with Crippen molar-refractivity contribution in [3.8, 4) is 12.1 Å². The summed E-state index contributed by atoms with van der Waals surface area (Å²) in [6.07, 6.45) is -0.0469. The van der Waals surface area contributed by atoms with Crippen molar-refractivity contribution in [2.45, 2.75) is 19.1 Å². The summed E-state index contributed by atoms with van der Waals surface area (Å²) in [5.41, 5.74) is 0.322. The van der Waals surface area contributed by atoms with Crippen molar-refractivity contribution in [2.75, 3.05) is 7.05 Å². The highest BCUT2D eigenvalue weighted by atomic mass is 15.3. The first kappa shape index (κ1) is 7.71. The van der Waals surface area contributed by atoms with Gasteiger partial charge in [-0.15, -0.1) is 0 Å². The van der Waals surface area contributed by atoms with Gasteiger partial charge in [-0.05, 0) is 14.0 Å². The van der Waals surface area contributed by atoms with Gasteiger partial charge in [0.15, 0.2) is 6.04 Å². The maximum absolute atomic E-state index is 8.63. The summed E-state index contributed by atoms with van der Waals surface area (Å²) in [6.45, 7) is 1.86. The second-order valence-electron chi connectivity index (χ2n) is 2.46. The fourth-order valence-electron chi connectivity index (χ4n) is 1.01. The van der Waals surface area contributed by atoms with Gasteiger partial charge in [0.05, 0.1) is 6.07 Å². The highest BCUT2D eigenvalue weighted by molar-refractivity contribution is 6.05. The molecular formula is C7H8N4. The molecule has 11 heavy (non-hydrogen) atoms. The summed E-state index contributed by atoms with van der Waals surface area (Å²) >= 11 is 0. The smallest absolute Gasteiger partial charge is 0.152 e. The molecular weight excluding hydrogens is 140 g/mol. The van der Waals surface area contributed by atoms with Crippen LogP contribution < -0.4 is 0 Å². The molecule has 0 aliphatic carbocycles. The Morgan fingerprint density at radius 1 is 1.55 bits per heavy atom. The van der Waals surface area contributed by atoms with Gasteiger partial charge in [0.25, 0.3) is 0 Å². The van der Waals surface area contributed by atoms with E-state index in [0.29, 0.717) is 5.71 Å². The van der Waals surface area contributed by atoms with Crippen molar-refractivity contribution in [2.24, 2.45) is 4.99 Å². The van der Waals surface area contributed by atoms with Gasteiger partial charge in [-0.2, -0.15) is 10.5 Å². The lowest BCUT2D eigenvalue weighted by Crippen LogP contribution is -2.33. The number of hydrogen-bond donors (Lipinski definition) is 0. The van der Waals surface area contributed by atoms with Crippen molar-refractivity contribution in [1.29, 1.82) is 10.5 Å². The molecule has 1 aliphatic heterocycles. The molecule has 0 aromatic heterocycles. The summed E-state index contributed by atoms with van der Waals surface area (Å²) < 4.78 is 0. The van der Waals surface area contributed by atoms with Crippen LogP contribution in [0, 0.1) is 22.7 Å². The third-order valence-electron chi connectivity index (χ3n) is 1.82. The van der Waals surface area contributed by atoms with E-state index in [1.165, 1.54) is 0 Å². The topological polar surface area (TPSA) is 63.2 Å². The third-order valence-corrected chi connectivity index (χ3v) is 1.82. The van der Waals surface area contributed by atoms with Crippen LogP contribution in [-0.2, 0) is 0 Å². The standard InChI is InChI=1S/C7H8N4/c1-5-10-6(3-8)7(4-9)11(5)2/h5,7H,1-2H3. The van der Waals surface area contributed by atoms with Crippen LogP contribution in [0.25, 0.3) is 0 Å². The van der Waals surface area contributed by atoms with Gasteiger partial charge in [-0.3, -0.25) is 9.89 Å². The molecule has 0 bridgehead atoms. The van der Waals surface area contributed by atoms with Gasteiger partial charge >= 0.3 is 0 Å². The van der Waals surface area contributed by atoms with E-state index in [1.54, 1.807) is 11.9 Å². The molecule has 4 nitrogen and oxygen atoms in total. The summed E-state index contributed by atoms with van der Waals surface area (Å²) in [5.74, 6) is 0. The largest absolute Gasteiger partial charge is 0.264 e. The van der Waals surface area contributed by atoms with E-state index in [9.17, 15) is 0 Å². The maximum Gasteiger partial charge on any atom is 0.152 e. The van der Waals surface area contributed by atoms with Crippen LogP contribution in [0.5, 0.6) is 0 Å². The van der Waals surface area contributed by atoms with Crippen LogP contribution in [0.1, 0.15) is 6.92 Å². The minimum Gasteiger partial charge on any atom is -0.264 e. The molecule has 2 unspecified atom stereocenters. The van der Waals surface area contributed by atoms with E-state index in [0.717, 1.165) is 0 Å². The Morgan fingerprint density at radius 2 is 2.18 bits per heavy atom. The van der Waals surface area contributed by atoms with Crippen LogP contribution >= 0.6 is 0 Å². The van der Waals surface area contributed by atoms with E-state index in [-0.39, 0.29) is 6.17 Å². The molecule has 0 radical (unpaired) electrons. The van der Waals surface area contributed by atoms with Crippen LogP contribution in [0.15, 0.2) is 4.99 Å². The summed E-state index contributed by atoms with van der Waals surface area (Å²) in [5, 5.41) is 17.2. The SMILES string of the molecule is CC1N=C(C#N)C(C#N)N1C. The van der Waals surface area contributed by atoms with Crippen molar-refractivity contribution in [1.82, 2.24) is 4.90 Å². The Kier molecular flexibility index (Phi) is 1.89. The van der Waals surface area contributed by atoms with E-state index in [4.69, 9.17) is 10.5 Å². The minimum absolute atomic E-state index is 0.0469. The lowest BCUT2D eigenvalue weighted by atomic mass is 10.2. The van der Waals surface area contributed by atoms with Crippen LogP contribution in [-0.4, -0.2) is 29.9 Å². The van der Waals surface area contributed by atoms with Crippen molar-refractivity contribution >= 4 is 5.71 Å². The van der Waals surface area contributed by atoms with Gasteiger partial charge in [0.1, 0.15) is 17.9 Å². The molecule has 1 aliphatic rings. The molecule has 0 aromatic carbocycles. The Hall–Kier alpha value is -1.39. The van der Waals surface area contributed by atoms with Crippen molar-refractivity contribution < 1.29 is 0 Å². The second-order valence-corrected chi connectivity index (χ2v) is 2.46. The molecule has 0 spiro atoms. The first-order valence-electron chi connectivity index (χ1n) is 3.30. The zero-order valence-electron chi connectivity index (χ0n) is 6.44. The molecule has 2 atom stereocenters. The number of nitriles is 2. The maximum atomic E-state index is 8.63. The normalized spacial score (nSPS) is 30.7. The van der Waals surface area contributed by atoms with Crippen LogP contribution in [0.4, 0.5) is 0 Å². The summed E-state index contributed by atoms with van der Waals surface area (Å²) in [7, 11) is 1.78. The van der Waals surface area contributed by atoms with Gasteiger partial charge in [0.2, 0.25) is 0 Å². The molecule has 0 saturated carbocycles. The molecule has 0 aromatic rings. The number of aliphatic imine (C=N–C) groups is 1. The van der Waals surface area contributed by atoms with Crippen LogP contribution in [0.2, 0.25) is 0 Å². The molecule has 4 heteroatoms. The Labute approximate surface area is 65.4 Å². The molecule has 0 amide bonds. The Morgan fingerprint density at radius 3 is 2.55 bits per heavy atom. The molecule has 1 heterocycles. The Balaban J connectivity index is 2.91. The first-order valence-corrected chi connectivity index (χ1v) is 3.30. The zero-order chi connectivity index (χ0) is 8.43. The predicted octanol–water partition coefficient (Wildman–Crippen LogP) is 0.135. The summed E-state index contributed by atoms with van der Waals surface area (Å²) in [6, 6.07) is 3.48. The molecule has 56 valence electrons. The van der Waals surface area contributed by atoms with Crippen molar-refractivity contribution in [3.63, 3.8) is 0 Å². The average Bonchev–Trinajstić information content (AvgIpc) is 2.28. The zero-order valence-corrected chi connectivity index (χ0v) is 6.44. The predicted molar refractivity (Wildman–Crippen MR) is 39.7 cm³/mol. The number of hydrogen-bond acceptors (Lipinski definition) is 4. The lowest BCUT2D eigenvalue weighted by Gasteiger charge is -2.15. The highest BCUT2D eigenvalue weighted by Gasteiger charge is 2.30. The van der Waals surface area contributed by atoms with Gasteiger partial charge in [-0.25, -0.2) is 0 Å². The fraction of sp³-hybridized carbons (Fsp3) is 0.571. The van der Waals surface area contributed by atoms with E-state index in [1.807, 2.05) is 19.1 Å². The van der Waals surface area contributed by atoms with Crippen molar-refractivity contribution in [3.05, 3.63) is 0 Å². The number of nitrogens with zero attached hydrogens (tertiary/aromatic N) is 4. The fourth-order valence-corrected chi connectivity index (χ4v) is 1.01. The van der Waals surface area contributed by atoms with Gasteiger partial charge in [0, 0.05) is 0 Å². The van der Waals surface area contributed by atoms with E-state index < -0.39 is 6.04 Å². The van der Waals surface area contributed by atoms with E-state index >= 15 is 0 Å². The molecule has 1 rings (SSSR count). The minimum atomic E-state index is -0.449. The average molecular weight is 148 g/mol. The van der Waals surface area contributed by atoms with E-state index in [2.05, 4.69) is 4.99 Å². The lowest BCUT2D eigenvalue weighted by molar-refractivity contribution is 0.292. The summed E-state index contributed by atoms with van der Waals surface area (Å²) in [4.78, 5) is 5.76. The Bertz CT molecular complexity index is 267. The van der Waals surface area contributed by atoms with Crippen LogP contribution in [0.3, 0.4) is 0 Å². The molecule has 0 saturated heterocycles. The number of rotatable bonds is 0. The second kappa shape index (κ2) is 2.69. The van der Waals surface area contributed by atoms with Gasteiger partial charge < -0.3 is 0 Å². The monoisotopic (exact) mass is 148 g/mol. The van der Waals surface area contributed by atoms with Gasteiger partial charge in [-0.1, -0.05) is 0 Å².